The lowest BCUT2D eigenvalue weighted by molar-refractivity contribution is -0.141. The van der Waals surface area contributed by atoms with Gasteiger partial charge in [0.25, 0.3) is 0 Å². The second kappa shape index (κ2) is 8.73. The number of halogens is 3. The van der Waals surface area contributed by atoms with Crippen molar-refractivity contribution in [2.75, 3.05) is 0 Å². The highest BCUT2D eigenvalue weighted by Gasteiger charge is 2.32. The van der Waals surface area contributed by atoms with E-state index >= 15 is 0 Å². The van der Waals surface area contributed by atoms with Crippen molar-refractivity contribution in [3.63, 3.8) is 0 Å². The summed E-state index contributed by atoms with van der Waals surface area (Å²) >= 11 is 1.22. The van der Waals surface area contributed by atoms with Crippen molar-refractivity contribution in [1.82, 2.24) is 20.0 Å². The summed E-state index contributed by atoms with van der Waals surface area (Å²) in [5, 5.41) is 8.14. The number of hydrogen-bond acceptors (Lipinski definition) is 5. The van der Waals surface area contributed by atoms with Crippen molar-refractivity contribution in [3.8, 4) is 5.69 Å². The molecule has 0 amide bonds. The molecule has 0 fully saturated rings. The Bertz CT molecular complexity index is 1190. The molecule has 0 spiro atoms. The molecular weight excluding hydrogens is 425 g/mol. The van der Waals surface area contributed by atoms with Crippen LogP contribution in [0.2, 0.25) is 0 Å². The molecule has 5 nitrogen and oxygen atoms in total. The SMILES string of the molecule is O=C(c1ccccc1)c1ccc(-n2cc(CSc3ccnc(C(F)(F)F)c3)nn2)cc1. The summed E-state index contributed by atoms with van der Waals surface area (Å²) in [7, 11) is 0. The molecule has 0 N–H and O–H groups in total. The van der Waals surface area contributed by atoms with Gasteiger partial charge >= 0.3 is 6.18 Å². The van der Waals surface area contributed by atoms with Gasteiger partial charge in [-0.3, -0.25) is 9.78 Å². The molecule has 0 atom stereocenters. The Kier molecular flexibility index (Phi) is 5.85. The Morgan fingerprint density at radius 2 is 1.68 bits per heavy atom. The van der Waals surface area contributed by atoms with E-state index in [1.807, 2.05) is 18.2 Å². The fourth-order valence-electron chi connectivity index (χ4n) is 2.83. The number of carbonyl (C=O) groups excluding carboxylic acids is 1. The first kappa shape index (κ1) is 20.8. The summed E-state index contributed by atoms with van der Waals surface area (Å²) in [6, 6.07) is 18.5. The highest BCUT2D eigenvalue weighted by molar-refractivity contribution is 7.98. The summed E-state index contributed by atoms with van der Waals surface area (Å²) in [5.74, 6) is 0.282. The predicted molar refractivity (Wildman–Crippen MR) is 110 cm³/mol. The molecule has 2 aromatic carbocycles. The van der Waals surface area contributed by atoms with Gasteiger partial charge in [0.1, 0.15) is 5.69 Å². The van der Waals surface area contributed by atoms with Gasteiger partial charge < -0.3 is 0 Å². The zero-order valence-corrected chi connectivity index (χ0v) is 16.8. The summed E-state index contributed by atoms with van der Waals surface area (Å²) < 4.78 is 39.9. The lowest BCUT2D eigenvalue weighted by Gasteiger charge is -2.06. The molecule has 2 aromatic heterocycles. The molecule has 31 heavy (non-hydrogen) atoms. The van der Waals surface area contributed by atoms with Crippen LogP contribution in [-0.4, -0.2) is 25.8 Å². The number of benzene rings is 2. The molecular formula is C22H15F3N4OS. The molecule has 0 radical (unpaired) electrons. The predicted octanol–water partition coefficient (Wildman–Crippen LogP) is 5.20. The van der Waals surface area contributed by atoms with Crippen LogP contribution in [-0.2, 0) is 11.9 Å². The van der Waals surface area contributed by atoms with Crippen molar-refractivity contribution < 1.29 is 18.0 Å². The van der Waals surface area contributed by atoms with E-state index in [1.165, 1.54) is 17.8 Å². The Morgan fingerprint density at radius 1 is 0.968 bits per heavy atom. The van der Waals surface area contributed by atoms with Crippen LogP contribution in [0.25, 0.3) is 5.69 Å². The molecule has 4 aromatic rings. The smallest absolute Gasteiger partial charge is 0.289 e. The van der Waals surface area contributed by atoms with E-state index in [9.17, 15) is 18.0 Å². The largest absolute Gasteiger partial charge is 0.433 e. The number of carbonyl (C=O) groups is 1. The molecule has 0 saturated carbocycles. The second-order valence-corrected chi connectivity index (χ2v) is 7.61. The normalized spacial score (nSPS) is 11.5. The third kappa shape index (κ3) is 5.00. The van der Waals surface area contributed by atoms with Crippen molar-refractivity contribution in [3.05, 3.63) is 102 Å². The summed E-state index contributed by atoms with van der Waals surface area (Å²) in [4.78, 5) is 16.3. The van der Waals surface area contributed by atoms with E-state index in [4.69, 9.17) is 0 Å². The first-order valence-corrected chi connectivity index (χ1v) is 10.2. The molecule has 2 heterocycles. The second-order valence-electron chi connectivity index (χ2n) is 6.56. The van der Waals surface area contributed by atoms with E-state index in [0.717, 1.165) is 18.0 Å². The molecule has 0 aliphatic heterocycles. The van der Waals surface area contributed by atoms with Crippen LogP contribution < -0.4 is 0 Å². The van der Waals surface area contributed by atoms with Gasteiger partial charge in [-0.25, -0.2) is 4.68 Å². The number of alkyl halides is 3. The lowest BCUT2D eigenvalue weighted by Crippen LogP contribution is -2.07. The average Bonchev–Trinajstić information content (AvgIpc) is 3.27. The number of thioether (sulfide) groups is 1. The third-order valence-electron chi connectivity index (χ3n) is 4.38. The number of rotatable bonds is 6. The minimum Gasteiger partial charge on any atom is -0.289 e. The first-order chi connectivity index (χ1) is 14.9. The Balaban J connectivity index is 1.43. The van der Waals surface area contributed by atoms with E-state index < -0.39 is 11.9 Å². The molecule has 0 saturated heterocycles. The third-order valence-corrected chi connectivity index (χ3v) is 5.41. The van der Waals surface area contributed by atoms with Gasteiger partial charge in [-0.2, -0.15) is 13.2 Å². The van der Waals surface area contributed by atoms with Crippen molar-refractivity contribution in [2.45, 2.75) is 16.8 Å². The number of nitrogens with zero attached hydrogens (tertiary/aromatic N) is 4. The zero-order valence-electron chi connectivity index (χ0n) is 16.0. The highest BCUT2D eigenvalue weighted by atomic mass is 32.2. The maximum Gasteiger partial charge on any atom is 0.433 e. The fraction of sp³-hybridized carbons (Fsp3) is 0.0909. The minimum atomic E-state index is -4.48. The van der Waals surface area contributed by atoms with Crippen LogP contribution in [0.1, 0.15) is 27.3 Å². The molecule has 0 aliphatic rings. The Morgan fingerprint density at radius 3 is 2.39 bits per heavy atom. The van der Waals surface area contributed by atoms with Crippen molar-refractivity contribution in [2.24, 2.45) is 0 Å². The molecule has 0 unspecified atom stereocenters. The number of ketones is 1. The van der Waals surface area contributed by atoms with Crippen LogP contribution >= 0.6 is 11.8 Å². The zero-order chi connectivity index (χ0) is 21.8. The summed E-state index contributed by atoms with van der Waals surface area (Å²) in [6.45, 7) is 0. The molecule has 0 bridgehead atoms. The van der Waals surface area contributed by atoms with E-state index in [1.54, 1.807) is 47.3 Å². The lowest BCUT2D eigenvalue weighted by atomic mass is 10.0. The van der Waals surface area contributed by atoms with E-state index in [0.29, 0.717) is 27.5 Å². The number of aromatic nitrogens is 4. The Labute approximate surface area is 179 Å². The molecule has 4 rings (SSSR count). The van der Waals surface area contributed by atoms with Crippen LogP contribution in [0, 0.1) is 0 Å². The number of hydrogen-bond donors (Lipinski definition) is 0. The summed E-state index contributed by atoms with van der Waals surface area (Å²) in [5.41, 5.74) is 1.58. The van der Waals surface area contributed by atoms with Gasteiger partial charge in [0.05, 0.1) is 17.6 Å². The average molecular weight is 440 g/mol. The monoisotopic (exact) mass is 440 g/mol. The van der Waals surface area contributed by atoms with E-state index in [-0.39, 0.29) is 5.78 Å². The van der Waals surface area contributed by atoms with Crippen LogP contribution in [0.15, 0.2) is 84.0 Å². The Hall–Kier alpha value is -3.46. The van der Waals surface area contributed by atoms with Gasteiger partial charge in [0.2, 0.25) is 0 Å². The molecule has 0 aliphatic carbocycles. The molecule has 156 valence electrons. The minimum absolute atomic E-state index is 0.0709. The highest BCUT2D eigenvalue weighted by Crippen LogP contribution is 2.31. The van der Waals surface area contributed by atoms with Gasteiger partial charge in [-0.15, -0.1) is 16.9 Å². The van der Waals surface area contributed by atoms with Crippen LogP contribution in [0.5, 0.6) is 0 Å². The van der Waals surface area contributed by atoms with Crippen molar-refractivity contribution >= 4 is 17.5 Å². The summed E-state index contributed by atoms with van der Waals surface area (Å²) in [6.07, 6.45) is -1.64. The topological polar surface area (TPSA) is 60.7 Å². The van der Waals surface area contributed by atoms with Crippen LogP contribution in [0.4, 0.5) is 13.2 Å². The quantitative estimate of drug-likeness (QED) is 0.305. The number of pyridine rings is 1. The van der Waals surface area contributed by atoms with Gasteiger partial charge in [0, 0.05) is 28.0 Å². The fourth-order valence-corrected chi connectivity index (χ4v) is 3.62. The van der Waals surface area contributed by atoms with Gasteiger partial charge in [-0.1, -0.05) is 35.5 Å². The van der Waals surface area contributed by atoms with Crippen LogP contribution in [0.3, 0.4) is 0 Å². The van der Waals surface area contributed by atoms with Gasteiger partial charge in [-0.05, 0) is 36.4 Å². The van der Waals surface area contributed by atoms with E-state index in [2.05, 4.69) is 15.3 Å². The molecule has 9 heteroatoms. The maximum absolute atomic E-state index is 12.8. The van der Waals surface area contributed by atoms with Gasteiger partial charge in [0.15, 0.2) is 5.78 Å². The standard InChI is InChI=1S/C22H15F3N4OS/c23-22(24,25)20-12-19(10-11-26-20)31-14-17-13-29(28-27-17)18-8-6-16(7-9-18)21(30)15-4-2-1-3-5-15/h1-13H,14H2. The van der Waals surface area contributed by atoms with Crippen molar-refractivity contribution in [1.29, 1.82) is 0 Å². The maximum atomic E-state index is 12.8. The first-order valence-electron chi connectivity index (χ1n) is 9.17.